The summed E-state index contributed by atoms with van der Waals surface area (Å²) in [7, 11) is 3.46. The maximum atomic E-state index is 13.2. The average Bonchev–Trinajstić information content (AvgIpc) is 3.32. The molecule has 0 aliphatic carbocycles. The molecule has 0 aliphatic heterocycles. The Balaban J connectivity index is 1.27. The van der Waals surface area contributed by atoms with Gasteiger partial charge in [0.05, 0.1) is 28.7 Å². The van der Waals surface area contributed by atoms with Crippen LogP contribution in [-0.2, 0) is 20.6 Å². The normalized spacial score (nSPS) is 11.6. The smallest absolute Gasteiger partial charge is 0.391 e. The fourth-order valence-corrected chi connectivity index (χ4v) is 6.08. The highest BCUT2D eigenvalue weighted by atomic mass is 35.5. The summed E-state index contributed by atoms with van der Waals surface area (Å²) in [4.78, 5) is 37.6. The molecule has 0 radical (unpaired) electrons. The first-order valence-electron chi connectivity index (χ1n) is 14.8. The summed E-state index contributed by atoms with van der Waals surface area (Å²) >= 11 is 12.7. The molecule has 12 nitrogen and oxygen atoms in total. The van der Waals surface area contributed by atoms with Crippen molar-refractivity contribution in [3.8, 4) is 16.9 Å². The van der Waals surface area contributed by atoms with Crippen LogP contribution in [-0.4, -0.2) is 59.7 Å². The summed E-state index contributed by atoms with van der Waals surface area (Å²) in [5, 5.41) is 16.2. The van der Waals surface area contributed by atoms with Gasteiger partial charge >= 0.3 is 5.82 Å². The van der Waals surface area contributed by atoms with Gasteiger partial charge in [-0.2, -0.15) is 4.98 Å². The predicted molar refractivity (Wildman–Crippen MR) is 180 cm³/mol. The number of ether oxygens (including phenoxy) is 1. The molecule has 0 aliphatic rings. The molecule has 3 aromatic heterocycles. The highest BCUT2D eigenvalue weighted by Gasteiger charge is 2.33. The Kier molecular flexibility index (Phi) is 9.61. The van der Waals surface area contributed by atoms with Crippen molar-refractivity contribution in [2.75, 3.05) is 31.6 Å². The number of pyridine rings is 1. The molecule has 0 saturated heterocycles. The van der Waals surface area contributed by atoms with Gasteiger partial charge in [-0.3, -0.25) is 9.36 Å². The van der Waals surface area contributed by atoms with E-state index in [9.17, 15) is 14.9 Å². The molecule has 240 valence electrons. The van der Waals surface area contributed by atoms with E-state index in [1.54, 1.807) is 49.0 Å². The standard InChI is InChI=1S/C32H34Cl2N8O4/c1-6-42(7-2,19-27-30(41(44)45)36-20(3)39(27)4)15-16-46-23-13-11-22(12-14-23)37-32-35-18-21-17-24(31(43)40(5)29(21)38-32)28-25(33)9-8-10-26(28)34/h8-14,17-18H,6-7,15-16,19H2,1-5H3/p+1. The van der Waals surface area contributed by atoms with Gasteiger partial charge in [0, 0.05) is 43.9 Å². The zero-order valence-corrected chi connectivity index (χ0v) is 27.8. The van der Waals surface area contributed by atoms with Crippen molar-refractivity contribution in [1.29, 1.82) is 0 Å². The maximum Gasteiger partial charge on any atom is 0.391 e. The van der Waals surface area contributed by atoms with Crippen molar-refractivity contribution in [3.63, 3.8) is 0 Å². The molecule has 3 heterocycles. The fourth-order valence-electron chi connectivity index (χ4n) is 5.48. The summed E-state index contributed by atoms with van der Waals surface area (Å²) in [5.74, 6) is 1.54. The molecule has 0 fully saturated rings. The van der Waals surface area contributed by atoms with Crippen molar-refractivity contribution in [2.45, 2.75) is 27.3 Å². The minimum absolute atomic E-state index is 0.0854. The molecule has 1 N–H and O–H groups in total. The first-order chi connectivity index (χ1) is 22.0. The molecule has 0 saturated carbocycles. The first-order valence-corrected chi connectivity index (χ1v) is 15.5. The van der Waals surface area contributed by atoms with E-state index < -0.39 is 4.92 Å². The molecule has 0 amide bonds. The number of hydrogen-bond donors (Lipinski definition) is 1. The molecule has 5 rings (SSSR count). The third-order valence-electron chi connectivity index (χ3n) is 8.54. The quantitative estimate of drug-likeness (QED) is 0.0916. The van der Waals surface area contributed by atoms with Crippen LogP contribution in [0.1, 0.15) is 25.4 Å². The molecule has 0 spiro atoms. The van der Waals surface area contributed by atoms with Gasteiger partial charge in [-0.15, -0.1) is 0 Å². The lowest BCUT2D eigenvalue weighted by molar-refractivity contribution is -0.938. The predicted octanol–water partition coefficient (Wildman–Crippen LogP) is 6.43. The number of anilines is 2. The number of fused-ring (bicyclic) bond motifs is 1. The second-order valence-electron chi connectivity index (χ2n) is 11.1. The molecular weight excluding hydrogens is 631 g/mol. The topological polar surface area (TPSA) is 130 Å². The van der Waals surface area contributed by atoms with Crippen LogP contribution in [0, 0.1) is 17.0 Å². The lowest BCUT2D eigenvalue weighted by atomic mass is 10.1. The van der Waals surface area contributed by atoms with Crippen LogP contribution in [0.25, 0.3) is 22.2 Å². The van der Waals surface area contributed by atoms with Gasteiger partial charge < -0.3 is 29.2 Å². The number of nitrogens with zero attached hydrogens (tertiary/aromatic N) is 7. The van der Waals surface area contributed by atoms with Crippen LogP contribution in [0.5, 0.6) is 5.75 Å². The Hall–Kier alpha value is -4.52. The molecule has 0 bridgehead atoms. The number of nitro groups is 1. The zero-order valence-electron chi connectivity index (χ0n) is 26.3. The van der Waals surface area contributed by atoms with Gasteiger partial charge in [-0.05, 0) is 66.2 Å². The van der Waals surface area contributed by atoms with Gasteiger partial charge in [0.2, 0.25) is 11.8 Å². The van der Waals surface area contributed by atoms with Crippen molar-refractivity contribution >= 4 is 51.7 Å². The third-order valence-corrected chi connectivity index (χ3v) is 9.17. The van der Waals surface area contributed by atoms with Gasteiger partial charge in [0.15, 0.2) is 5.69 Å². The summed E-state index contributed by atoms with van der Waals surface area (Å²) in [5.41, 5.74) is 2.36. The Morgan fingerprint density at radius 1 is 1.02 bits per heavy atom. The summed E-state index contributed by atoms with van der Waals surface area (Å²) in [6, 6.07) is 14.2. The number of quaternary nitrogens is 1. The van der Waals surface area contributed by atoms with Crippen molar-refractivity contribution < 1.29 is 14.1 Å². The van der Waals surface area contributed by atoms with E-state index in [0.717, 1.165) is 18.8 Å². The van der Waals surface area contributed by atoms with Gasteiger partial charge in [-0.1, -0.05) is 29.3 Å². The number of imidazole rings is 1. The lowest BCUT2D eigenvalue weighted by Crippen LogP contribution is -2.49. The fraction of sp³-hybridized carbons (Fsp3) is 0.312. The number of aryl methyl sites for hydroxylation is 2. The van der Waals surface area contributed by atoms with E-state index in [1.165, 1.54) is 4.57 Å². The summed E-state index contributed by atoms with van der Waals surface area (Å²) in [6.07, 6.45) is 1.64. The second kappa shape index (κ2) is 13.5. The number of halogens is 2. The first kappa shape index (κ1) is 32.9. The van der Waals surface area contributed by atoms with Crippen LogP contribution < -0.4 is 15.6 Å². The number of rotatable bonds is 12. The average molecular weight is 667 g/mol. The van der Waals surface area contributed by atoms with Gasteiger partial charge in [0.25, 0.3) is 5.56 Å². The van der Waals surface area contributed by atoms with Crippen LogP contribution >= 0.6 is 23.2 Å². The van der Waals surface area contributed by atoms with Crippen LogP contribution in [0.3, 0.4) is 0 Å². The van der Waals surface area contributed by atoms with E-state index in [0.29, 0.717) is 79.6 Å². The van der Waals surface area contributed by atoms with Crippen LogP contribution in [0.15, 0.2) is 59.5 Å². The van der Waals surface area contributed by atoms with Crippen molar-refractivity contribution in [1.82, 2.24) is 24.1 Å². The number of aromatic nitrogens is 5. The summed E-state index contributed by atoms with van der Waals surface area (Å²) < 4.78 is 9.96. The SMILES string of the molecule is CC[N+](CC)(CCOc1ccc(Nc2ncc3cc(-c4c(Cl)cccc4Cl)c(=O)n(C)c3n2)cc1)Cc1c([N+](=O)[O-])nc(C)n1C. The van der Waals surface area contributed by atoms with Crippen molar-refractivity contribution in [3.05, 3.63) is 96.8 Å². The van der Waals surface area contributed by atoms with Crippen LogP contribution in [0.2, 0.25) is 10.0 Å². The summed E-state index contributed by atoms with van der Waals surface area (Å²) in [6.45, 7) is 9.10. The largest absolute Gasteiger partial charge is 0.488 e. The molecular formula is C32H35Cl2N8O4+. The Labute approximate surface area is 275 Å². The van der Waals surface area contributed by atoms with E-state index in [1.807, 2.05) is 31.3 Å². The van der Waals surface area contributed by atoms with Crippen molar-refractivity contribution in [2.24, 2.45) is 14.1 Å². The molecule has 14 heteroatoms. The molecule has 2 aromatic carbocycles. The monoisotopic (exact) mass is 665 g/mol. The number of benzene rings is 2. The Morgan fingerprint density at radius 3 is 2.33 bits per heavy atom. The van der Waals surface area contributed by atoms with Crippen LogP contribution in [0.4, 0.5) is 17.5 Å². The lowest BCUT2D eigenvalue weighted by Gasteiger charge is -2.36. The molecule has 5 aromatic rings. The highest BCUT2D eigenvalue weighted by Crippen LogP contribution is 2.34. The Bertz CT molecular complexity index is 1950. The molecule has 0 unspecified atom stereocenters. The van der Waals surface area contributed by atoms with E-state index in [-0.39, 0.29) is 11.4 Å². The number of likely N-dealkylation sites (N-methyl/N-ethyl adjacent to an activating group) is 1. The van der Waals surface area contributed by atoms with E-state index >= 15 is 0 Å². The van der Waals surface area contributed by atoms with Gasteiger partial charge in [-0.25, -0.2) is 4.98 Å². The van der Waals surface area contributed by atoms with E-state index in [4.69, 9.17) is 27.9 Å². The van der Waals surface area contributed by atoms with Gasteiger partial charge in [0.1, 0.15) is 31.1 Å². The zero-order chi connectivity index (χ0) is 33.2. The minimum Gasteiger partial charge on any atom is -0.488 e. The Morgan fingerprint density at radius 2 is 1.70 bits per heavy atom. The maximum absolute atomic E-state index is 13.2. The second-order valence-corrected chi connectivity index (χ2v) is 11.9. The number of nitrogens with one attached hydrogen (secondary N) is 1. The molecule has 46 heavy (non-hydrogen) atoms. The van der Waals surface area contributed by atoms with E-state index in [2.05, 4.69) is 34.1 Å². The minimum atomic E-state index is -0.410. The molecule has 0 atom stereocenters. The highest BCUT2D eigenvalue weighted by molar-refractivity contribution is 6.39. The number of hydrogen-bond acceptors (Lipinski definition) is 8. The third kappa shape index (κ3) is 6.55.